The predicted molar refractivity (Wildman–Crippen MR) is 144 cm³/mol. The molecule has 196 valence electrons. The fraction of sp³-hybridized carbons (Fsp3) is 0.481. The van der Waals surface area contributed by atoms with E-state index in [4.69, 9.17) is 32.7 Å². The Balaban J connectivity index is 0.00000298. The summed E-state index contributed by atoms with van der Waals surface area (Å²) in [5.41, 5.74) is 8.84. The highest BCUT2D eigenvalue weighted by Gasteiger charge is 2.23. The number of nitrogens with zero attached hydrogens (tertiary/aromatic N) is 1. The summed E-state index contributed by atoms with van der Waals surface area (Å²) in [4.78, 5) is 0. The maximum Gasteiger partial charge on any atom is 0.119 e. The minimum atomic E-state index is -0.678. The van der Waals surface area contributed by atoms with Crippen LogP contribution in [0.15, 0.2) is 59.9 Å². The number of aliphatic hydroxyl groups is 2. The lowest BCUT2D eigenvalue weighted by atomic mass is 9.78. The standard InChI is InChI=1S/C25H36ClN3O4.C2H6/c1-18(27)24(16-30)29(28)13-4-14-32-22-9-5-19(6-10-22)25(2,3)20-7-11-23(12-8-20)33-17-21(31)15-26;1-2/h5-12,21,30-31H,4,13-17,27-28H2,1-3H3;1-2H3/b24-18-;. The van der Waals surface area contributed by atoms with Crippen molar-refractivity contribution in [2.75, 3.05) is 32.2 Å². The minimum Gasteiger partial charge on any atom is -0.494 e. The molecule has 0 amide bonds. The first kappa shape index (κ1) is 30.6. The summed E-state index contributed by atoms with van der Waals surface area (Å²) < 4.78 is 11.4. The smallest absolute Gasteiger partial charge is 0.119 e. The lowest BCUT2D eigenvalue weighted by Gasteiger charge is -2.26. The number of allylic oxidation sites excluding steroid dienone is 1. The number of benzene rings is 2. The number of hydrogen-bond donors (Lipinski definition) is 4. The van der Waals surface area contributed by atoms with Crippen LogP contribution in [0, 0.1) is 0 Å². The van der Waals surface area contributed by atoms with Crippen molar-refractivity contribution in [1.82, 2.24) is 5.01 Å². The SMILES string of the molecule is C/C(N)=C(\CO)N(N)CCCOc1ccc(C(C)(C)c2ccc(OCC(O)CCl)cc2)cc1.CC. The molecule has 0 spiro atoms. The summed E-state index contributed by atoms with van der Waals surface area (Å²) in [5, 5.41) is 20.3. The van der Waals surface area contributed by atoms with E-state index in [-0.39, 0.29) is 24.5 Å². The van der Waals surface area contributed by atoms with Gasteiger partial charge in [0.25, 0.3) is 0 Å². The Hall–Kier alpha value is -2.45. The topological polar surface area (TPSA) is 114 Å². The van der Waals surface area contributed by atoms with E-state index < -0.39 is 6.10 Å². The second-order valence-electron chi connectivity index (χ2n) is 8.48. The van der Waals surface area contributed by atoms with Gasteiger partial charge in [0.1, 0.15) is 24.2 Å². The molecule has 0 aromatic heterocycles. The van der Waals surface area contributed by atoms with Crippen molar-refractivity contribution in [1.29, 1.82) is 0 Å². The first-order valence-corrected chi connectivity index (χ1v) is 12.5. The van der Waals surface area contributed by atoms with Crippen molar-refractivity contribution in [2.24, 2.45) is 11.6 Å². The fourth-order valence-corrected chi connectivity index (χ4v) is 3.43. The molecule has 1 atom stereocenters. The molecular formula is C27H42ClN3O4. The second kappa shape index (κ2) is 15.5. The molecule has 0 radical (unpaired) electrons. The minimum absolute atomic E-state index is 0.145. The molecule has 2 aromatic carbocycles. The summed E-state index contributed by atoms with van der Waals surface area (Å²) in [6.45, 7) is 11.0. The number of halogens is 1. The van der Waals surface area contributed by atoms with Gasteiger partial charge in [-0.3, -0.25) is 0 Å². The first-order valence-electron chi connectivity index (χ1n) is 12.0. The normalized spacial score (nSPS) is 12.7. The Morgan fingerprint density at radius 1 is 1.00 bits per heavy atom. The maximum absolute atomic E-state index is 9.53. The van der Waals surface area contributed by atoms with Gasteiger partial charge in [-0.15, -0.1) is 11.6 Å². The van der Waals surface area contributed by atoms with Crippen LogP contribution in [-0.2, 0) is 5.41 Å². The lowest BCUT2D eigenvalue weighted by Crippen LogP contribution is -2.35. The van der Waals surface area contributed by atoms with E-state index in [1.165, 1.54) is 5.01 Å². The molecule has 0 heterocycles. The van der Waals surface area contributed by atoms with E-state index in [0.29, 0.717) is 36.7 Å². The molecule has 2 rings (SSSR count). The summed E-state index contributed by atoms with van der Waals surface area (Å²) in [5.74, 6) is 7.56. The molecule has 2 aromatic rings. The van der Waals surface area contributed by atoms with Crippen molar-refractivity contribution in [2.45, 2.75) is 52.6 Å². The van der Waals surface area contributed by atoms with Gasteiger partial charge >= 0.3 is 0 Å². The van der Waals surface area contributed by atoms with Crippen LogP contribution in [0.1, 0.15) is 52.2 Å². The molecule has 0 saturated heterocycles. The van der Waals surface area contributed by atoms with Gasteiger partial charge < -0.3 is 30.4 Å². The fourth-order valence-electron chi connectivity index (χ4n) is 3.34. The van der Waals surface area contributed by atoms with Gasteiger partial charge in [-0.25, -0.2) is 5.84 Å². The van der Waals surface area contributed by atoms with E-state index in [9.17, 15) is 10.2 Å². The average Bonchev–Trinajstić information content (AvgIpc) is 2.87. The Morgan fingerprint density at radius 3 is 1.91 bits per heavy atom. The van der Waals surface area contributed by atoms with Crippen molar-refractivity contribution in [3.8, 4) is 11.5 Å². The van der Waals surface area contributed by atoms with Crippen LogP contribution >= 0.6 is 11.6 Å². The molecule has 0 bridgehead atoms. The van der Waals surface area contributed by atoms with E-state index in [1.54, 1.807) is 6.92 Å². The van der Waals surface area contributed by atoms with Gasteiger partial charge in [0.2, 0.25) is 0 Å². The lowest BCUT2D eigenvalue weighted by molar-refractivity contribution is 0.125. The predicted octanol–water partition coefficient (Wildman–Crippen LogP) is 4.14. The third-order valence-corrected chi connectivity index (χ3v) is 5.89. The number of nitrogens with two attached hydrogens (primary N) is 2. The van der Waals surface area contributed by atoms with Crippen LogP contribution in [0.2, 0.25) is 0 Å². The number of ether oxygens (including phenoxy) is 2. The van der Waals surface area contributed by atoms with Crippen LogP contribution < -0.4 is 21.1 Å². The zero-order chi connectivity index (χ0) is 26.4. The van der Waals surface area contributed by atoms with Gasteiger partial charge in [-0.05, 0) is 42.3 Å². The Labute approximate surface area is 215 Å². The van der Waals surface area contributed by atoms with E-state index >= 15 is 0 Å². The number of rotatable bonds is 13. The van der Waals surface area contributed by atoms with Crippen molar-refractivity contribution in [3.63, 3.8) is 0 Å². The first-order chi connectivity index (χ1) is 16.7. The van der Waals surface area contributed by atoms with Crippen LogP contribution in [0.25, 0.3) is 0 Å². The highest BCUT2D eigenvalue weighted by molar-refractivity contribution is 6.18. The maximum atomic E-state index is 9.53. The van der Waals surface area contributed by atoms with Crippen molar-refractivity contribution >= 4 is 11.6 Å². The van der Waals surface area contributed by atoms with Gasteiger partial charge in [0, 0.05) is 24.1 Å². The number of aliphatic hydroxyl groups excluding tert-OH is 2. The molecule has 0 saturated carbocycles. The van der Waals surface area contributed by atoms with Crippen molar-refractivity contribution < 1.29 is 19.7 Å². The van der Waals surface area contributed by atoms with Crippen LogP contribution in [0.5, 0.6) is 11.5 Å². The number of hydrogen-bond acceptors (Lipinski definition) is 7. The molecule has 6 N–H and O–H groups in total. The zero-order valence-corrected chi connectivity index (χ0v) is 22.4. The van der Waals surface area contributed by atoms with Crippen molar-refractivity contribution in [3.05, 3.63) is 71.1 Å². The third kappa shape index (κ3) is 9.61. The molecule has 35 heavy (non-hydrogen) atoms. The van der Waals surface area contributed by atoms with E-state index in [2.05, 4.69) is 26.0 Å². The number of alkyl halides is 1. The average molecular weight is 508 g/mol. The molecule has 1 unspecified atom stereocenters. The molecular weight excluding hydrogens is 466 g/mol. The summed E-state index contributed by atoms with van der Waals surface area (Å²) in [7, 11) is 0. The molecule has 0 fully saturated rings. The Bertz CT molecular complexity index is 882. The molecule has 0 aliphatic rings. The zero-order valence-electron chi connectivity index (χ0n) is 21.6. The van der Waals surface area contributed by atoms with Gasteiger partial charge in [0.15, 0.2) is 0 Å². The van der Waals surface area contributed by atoms with Gasteiger partial charge in [-0.1, -0.05) is 52.0 Å². The summed E-state index contributed by atoms with van der Waals surface area (Å²) >= 11 is 5.60. The monoisotopic (exact) mass is 507 g/mol. The highest BCUT2D eigenvalue weighted by atomic mass is 35.5. The van der Waals surface area contributed by atoms with Crippen LogP contribution in [0.4, 0.5) is 0 Å². The molecule has 7 nitrogen and oxygen atoms in total. The van der Waals surface area contributed by atoms with Crippen LogP contribution in [-0.4, -0.2) is 53.6 Å². The largest absolute Gasteiger partial charge is 0.494 e. The quantitative estimate of drug-likeness (QED) is 0.139. The molecule has 0 aliphatic heterocycles. The van der Waals surface area contributed by atoms with E-state index in [1.807, 2.05) is 50.2 Å². The number of hydrazine groups is 1. The second-order valence-corrected chi connectivity index (χ2v) is 8.78. The summed E-state index contributed by atoms with van der Waals surface area (Å²) in [6.07, 6.45) is 0.0133. The molecule has 8 heteroatoms. The van der Waals surface area contributed by atoms with Gasteiger partial charge in [0.05, 0.1) is 24.8 Å². The van der Waals surface area contributed by atoms with E-state index in [0.717, 1.165) is 16.9 Å². The highest BCUT2D eigenvalue weighted by Crippen LogP contribution is 2.33. The van der Waals surface area contributed by atoms with Gasteiger partial charge in [-0.2, -0.15) is 0 Å². The Morgan fingerprint density at radius 2 is 1.49 bits per heavy atom. The molecule has 0 aliphatic carbocycles. The summed E-state index contributed by atoms with van der Waals surface area (Å²) in [6, 6.07) is 15.9. The Kier molecular flexibility index (Phi) is 13.6. The third-order valence-electron chi connectivity index (χ3n) is 5.54. The van der Waals surface area contributed by atoms with Crippen LogP contribution in [0.3, 0.4) is 0 Å².